The second-order valence-corrected chi connectivity index (χ2v) is 5.66. The highest BCUT2D eigenvalue weighted by atomic mass is 14.9. The summed E-state index contributed by atoms with van der Waals surface area (Å²) in [6.07, 6.45) is 0. The minimum Gasteiger partial charge on any atom is -0.224 e. The minimum atomic E-state index is 0.137. The Morgan fingerprint density at radius 3 is 2.21 bits per heavy atom. The first kappa shape index (κ1) is 13.2. The summed E-state index contributed by atoms with van der Waals surface area (Å²) in [5, 5.41) is 8.91. The molecule has 1 aromatic heterocycles. The van der Waals surface area contributed by atoms with Crippen LogP contribution in [0.3, 0.4) is 0 Å². The predicted octanol–water partition coefficient (Wildman–Crippen LogP) is 3.62. The van der Waals surface area contributed by atoms with Crippen molar-refractivity contribution in [3.05, 3.63) is 47.4 Å². The molecule has 0 bridgehead atoms. The average molecular weight is 251 g/mol. The molecule has 0 amide bonds. The van der Waals surface area contributed by atoms with Crippen molar-refractivity contribution in [2.45, 2.75) is 33.1 Å². The van der Waals surface area contributed by atoms with Crippen LogP contribution in [0, 0.1) is 18.3 Å². The van der Waals surface area contributed by atoms with Gasteiger partial charge in [0, 0.05) is 11.3 Å². The van der Waals surface area contributed by atoms with Crippen LogP contribution >= 0.6 is 0 Å². The Morgan fingerprint density at radius 2 is 1.68 bits per heavy atom. The van der Waals surface area contributed by atoms with E-state index in [4.69, 9.17) is 5.26 Å². The maximum absolute atomic E-state index is 8.91. The summed E-state index contributed by atoms with van der Waals surface area (Å²) in [4.78, 5) is 8.30. The zero-order chi connectivity index (χ0) is 14.0. The minimum absolute atomic E-state index is 0.137. The number of benzene rings is 1. The SMILES string of the molecule is Cc1cc(-c2ccc(C(C)(C)C)cc2)nc(C#N)n1. The zero-order valence-corrected chi connectivity index (χ0v) is 11.7. The molecule has 0 saturated heterocycles. The molecule has 3 heteroatoms. The number of hydrogen-bond donors (Lipinski definition) is 0. The molecule has 1 aromatic carbocycles. The molecule has 0 radical (unpaired) electrons. The Bertz CT molecular complexity index is 629. The molecule has 0 fully saturated rings. The highest BCUT2D eigenvalue weighted by molar-refractivity contribution is 5.60. The molecule has 0 N–H and O–H groups in total. The largest absolute Gasteiger partial charge is 0.232 e. The quantitative estimate of drug-likeness (QED) is 0.777. The lowest BCUT2D eigenvalue weighted by atomic mass is 9.86. The summed E-state index contributed by atoms with van der Waals surface area (Å²) in [6.45, 7) is 8.43. The van der Waals surface area contributed by atoms with Crippen molar-refractivity contribution >= 4 is 0 Å². The molecule has 0 aliphatic heterocycles. The van der Waals surface area contributed by atoms with Gasteiger partial charge in [0.15, 0.2) is 0 Å². The van der Waals surface area contributed by atoms with E-state index in [1.807, 2.05) is 31.2 Å². The predicted molar refractivity (Wildman–Crippen MR) is 75.6 cm³/mol. The third-order valence-electron chi connectivity index (χ3n) is 3.00. The molecular formula is C16H17N3. The van der Waals surface area contributed by atoms with Gasteiger partial charge >= 0.3 is 0 Å². The van der Waals surface area contributed by atoms with Gasteiger partial charge in [0.2, 0.25) is 5.82 Å². The summed E-state index contributed by atoms with van der Waals surface area (Å²) >= 11 is 0. The van der Waals surface area contributed by atoms with Gasteiger partial charge in [-0.05, 0) is 24.0 Å². The van der Waals surface area contributed by atoms with E-state index in [0.29, 0.717) is 0 Å². The van der Waals surface area contributed by atoms with Gasteiger partial charge in [-0.1, -0.05) is 45.0 Å². The maximum Gasteiger partial charge on any atom is 0.232 e. The molecule has 1 heterocycles. The van der Waals surface area contributed by atoms with Gasteiger partial charge in [-0.3, -0.25) is 0 Å². The number of aryl methyl sites for hydroxylation is 1. The third kappa shape index (κ3) is 2.97. The molecule has 0 aliphatic rings. The van der Waals surface area contributed by atoms with Crippen molar-refractivity contribution < 1.29 is 0 Å². The summed E-state index contributed by atoms with van der Waals surface area (Å²) in [5.41, 5.74) is 4.03. The monoisotopic (exact) mass is 251 g/mol. The lowest BCUT2D eigenvalue weighted by Crippen LogP contribution is -2.10. The van der Waals surface area contributed by atoms with Crippen molar-refractivity contribution in [1.29, 1.82) is 5.26 Å². The molecule has 19 heavy (non-hydrogen) atoms. The fourth-order valence-electron chi connectivity index (χ4n) is 1.91. The average Bonchev–Trinajstić information content (AvgIpc) is 2.37. The summed E-state index contributed by atoms with van der Waals surface area (Å²) in [5.74, 6) is 0.217. The molecule has 0 unspecified atom stereocenters. The summed E-state index contributed by atoms with van der Waals surface area (Å²) < 4.78 is 0. The standard InChI is InChI=1S/C16H17N3/c1-11-9-14(19-15(10-17)18-11)12-5-7-13(8-6-12)16(2,3)4/h5-9H,1-4H3. The number of rotatable bonds is 1. The van der Waals surface area contributed by atoms with Gasteiger partial charge in [0.05, 0.1) is 5.69 Å². The molecule has 2 aromatic rings. The van der Waals surface area contributed by atoms with E-state index in [9.17, 15) is 0 Å². The number of aromatic nitrogens is 2. The molecule has 0 atom stereocenters. The molecule has 0 aliphatic carbocycles. The van der Waals surface area contributed by atoms with E-state index in [0.717, 1.165) is 17.0 Å². The van der Waals surface area contributed by atoms with E-state index < -0.39 is 0 Å². The van der Waals surface area contributed by atoms with Crippen LogP contribution in [-0.4, -0.2) is 9.97 Å². The van der Waals surface area contributed by atoms with E-state index in [1.165, 1.54) is 5.56 Å². The van der Waals surface area contributed by atoms with Crippen molar-refractivity contribution in [3.63, 3.8) is 0 Å². The molecule has 0 spiro atoms. The van der Waals surface area contributed by atoms with Crippen molar-refractivity contribution in [1.82, 2.24) is 9.97 Å². The first-order chi connectivity index (χ1) is 8.90. The molecule has 2 rings (SSSR count). The van der Waals surface area contributed by atoms with Crippen molar-refractivity contribution in [2.75, 3.05) is 0 Å². The van der Waals surface area contributed by atoms with E-state index >= 15 is 0 Å². The van der Waals surface area contributed by atoms with Crippen LogP contribution in [0.4, 0.5) is 0 Å². The summed E-state index contributed by atoms with van der Waals surface area (Å²) in [6, 6.07) is 12.2. The smallest absolute Gasteiger partial charge is 0.224 e. The highest BCUT2D eigenvalue weighted by Gasteiger charge is 2.13. The Kier molecular flexibility index (Phi) is 3.35. The van der Waals surface area contributed by atoms with Crippen molar-refractivity contribution in [2.24, 2.45) is 0 Å². The van der Waals surface area contributed by atoms with E-state index in [1.54, 1.807) is 0 Å². The molecule has 0 saturated carbocycles. The fourth-order valence-corrected chi connectivity index (χ4v) is 1.91. The van der Waals surface area contributed by atoms with Crippen LogP contribution in [0.5, 0.6) is 0 Å². The van der Waals surface area contributed by atoms with Crippen LogP contribution in [0.1, 0.15) is 37.9 Å². The van der Waals surface area contributed by atoms with Gasteiger partial charge in [-0.25, -0.2) is 9.97 Å². The van der Waals surface area contributed by atoms with Gasteiger partial charge in [-0.15, -0.1) is 0 Å². The van der Waals surface area contributed by atoms with Gasteiger partial charge in [0.25, 0.3) is 0 Å². The summed E-state index contributed by atoms with van der Waals surface area (Å²) in [7, 11) is 0. The topological polar surface area (TPSA) is 49.6 Å². The zero-order valence-electron chi connectivity index (χ0n) is 11.7. The van der Waals surface area contributed by atoms with Crippen LogP contribution in [0.2, 0.25) is 0 Å². The van der Waals surface area contributed by atoms with Gasteiger partial charge < -0.3 is 0 Å². The number of nitrogens with zero attached hydrogens (tertiary/aromatic N) is 3. The fraction of sp³-hybridized carbons (Fsp3) is 0.312. The maximum atomic E-state index is 8.91. The van der Waals surface area contributed by atoms with E-state index in [-0.39, 0.29) is 11.2 Å². The number of nitriles is 1. The Hall–Kier alpha value is -2.21. The van der Waals surface area contributed by atoms with Crippen LogP contribution < -0.4 is 0 Å². The molecule has 96 valence electrons. The molecular weight excluding hydrogens is 234 g/mol. The van der Waals surface area contributed by atoms with Crippen LogP contribution in [0.25, 0.3) is 11.3 Å². The second kappa shape index (κ2) is 4.81. The van der Waals surface area contributed by atoms with Crippen LogP contribution in [-0.2, 0) is 5.41 Å². The van der Waals surface area contributed by atoms with Crippen molar-refractivity contribution in [3.8, 4) is 17.3 Å². The lowest BCUT2D eigenvalue weighted by molar-refractivity contribution is 0.590. The third-order valence-corrected chi connectivity index (χ3v) is 3.00. The lowest BCUT2D eigenvalue weighted by Gasteiger charge is -2.19. The first-order valence-corrected chi connectivity index (χ1v) is 6.27. The Morgan fingerprint density at radius 1 is 1.05 bits per heavy atom. The first-order valence-electron chi connectivity index (χ1n) is 6.27. The Balaban J connectivity index is 2.43. The number of hydrogen-bond acceptors (Lipinski definition) is 3. The second-order valence-electron chi connectivity index (χ2n) is 5.66. The Labute approximate surface area is 114 Å². The normalized spacial score (nSPS) is 11.1. The van der Waals surface area contributed by atoms with E-state index in [2.05, 4.69) is 42.9 Å². The highest BCUT2D eigenvalue weighted by Crippen LogP contribution is 2.25. The van der Waals surface area contributed by atoms with Gasteiger partial charge in [0.1, 0.15) is 6.07 Å². The van der Waals surface area contributed by atoms with Gasteiger partial charge in [-0.2, -0.15) is 5.26 Å². The molecule has 3 nitrogen and oxygen atoms in total. The van der Waals surface area contributed by atoms with Crippen LogP contribution in [0.15, 0.2) is 30.3 Å².